The average molecular weight is 349 g/mol. The molecule has 6 heteroatoms. The highest BCUT2D eigenvalue weighted by molar-refractivity contribution is 5.95. The van der Waals surface area contributed by atoms with Gasteiger partial charge >= 0.3 is 0 Å². The number of hydrogen-bond donors (Lipinski definition) is 1. The van der Waals surface area contributed by atoms with E-state index in [1.54, 1.807) is 18.2 Å². The average Bonchev–Trinajstić information content (AvgIpc) is 3.33. The second kappa shape index (κ2) is 6.05. The lowest BCUT2D eigenvalue weighted by Crippen LogP contribution is -2.39. The molecule has 0 aliphatic carbocycles. The number of amides is 1. The van der Waals surface area contributed by atoms with Crippen molar-refractivity contribution < 1.29 is 14.3 Å². The number of fused-ring (bicyclic) bond motifs is 2. The van der Waals surface area contributed by atoms with Crippen LogP contribution in [0.3, 0.4) is 0 Å². The Labute approximate surface area is 150 Å². The fourth-order valence-corrected chi connectivity index (χ4v) is 3.78. The van der Waals surface area contributed by atoms with Crippen LogP contribution in [0.2, 0.25) is 0 Å². The van der Waals surface area contributed by atoms with Gasteiger partial charge in [-0.1, -0.05) is 12.1 Å². The van der Waals surface area contributed by atoms with Crippen LogP contribution < -0.4 is 9.47 Å². The Morgan fingerprint density at radius 2 is 2.00 bits per heavy atom. The summed E-state index contributed by atoms with van der Waals surface area (Å²) in [5.41, 5.74) is 2.56. The molecule has 3 aromatic rings. The molecule has 0 spiro atoms. The third-order valence-corrected chi connectivity index (χ3v) is 5.11. The first-order chi connectivity index (χ1) is 12.8. The molecule has 5 rings (SSSR count). The van der Waals surface area contributed by atoms with Gasteiger partial charge in [0.05, 0.1) is 17.1 Å². The Balaban J connectivity index is 1.48. The second-order valence-corrected chi connectivity index (χ2v) is 6.72. The molecule has 0 radical (unpaired) electrons. The molecule has 0 saturated carbocycles. The van der Waals surface area contributed by atoms with Gasteiger partial charge in [-0.2, -0.15) is 0 Å². The fourth-order valence-electron chi connectivity index (χ4n) is 3.78. The van der Waals surface area contributed by atoms with Crippen LogP contribution >= 0.6 is 0 Å². The minimum atomic E-state index is -0.0333. The van der Waals surface area contributed by atoms with Gasteiger partial charge < -0.3 is 19.4 Å². The summed E-state index contributed by atoms with van der Waals surface area (Å²) in [6.07, 6.45) is 3.01. The molecule has 1 atom stereocenters. The van der Waals surface area contributed by atoms with Gasteiger partial charge in [-0.05, 0) is 49.6 Å². The van der Waals surface area contributed by atoms with Gasteiger partial charge in [0.25, 0.3) is 5.91 Å². The number of likely N-dealkylation sites (tertiary alicyclic amines) is 1. The SMILES string of the molecule is O=C(c1ccc2c(c1)OCO2)N1CCCC[C@@H]1c1nc2ccccc2[nH]1. The first kappa shape index (κ1) is 15.3. The van der Waals surface area contributed by atoms with E-state index in [2.05, 4.69) is 4.98 Å². The summed E-state index contributed by atoms with van der Waals surface area (Å²) in [5, 5.41) is 0. The molecule has 1 aromatic heterocycles. The van der Waals surface area contributed by atoms with Crippen LogP contribution in [0.4, 0.5) is 0 Å². The van der Waals surface area contributed by atoms with Crippen LogP contribution in [0.5, 0.6) is 11.5 Å². The monoisotopic (exact) mass is 349 g/mol. The molecule has 1 amide bonds. The van der Waals surface area contributed by atoms with E-state index >= 15 is 0 Å². The number of aromatic nitrogens is 2. The summed E-state index contributed by atoms with van der Waals surface area (Å²) >= 11 is 0. The van der Waals surface area contributed by atoms with Crippen molar-refractivity contribution >= 4 is 16.9 Å². The number of H-pyrrole nitrogens is 1. The lowest BCUT2D eigenvalue weighted by molar-refractivity contribution is 0.0601. The molecule has 3 heterocycles. The van der Waals surface area contributed by atoms with E-state index < -0.39 is 0 Å². The van der Waals surface area contributed by atoms with Crippen LogP contribution in [-0.4, -0.2) is 34.1 Å². The first-order valence-corrected chi connectivity index (χ1v) is 8.95. The standard InChI is InChI=1S/C20H19N3O3/c24-20(13-8-9-17-18(11-13)26-12-25-17)23-10-4-3-7-16(23)19-21-14-5-1-2-6-15(14)22-19/h1-2,5-6,8-9,11,16H,3-4,7,10,12H2,(H,21,22)/t16-/m1/s1. The molecule has 0 unspecified atom stereocenters. The highest BCUT2D eigenvalue weighted by Crippen LogP contribution is 2.35. The van der Waals surface area contributed by atoms with E-state index in [1.165, 1.54) is 0 Å². The maximum Gasteiger partial charge on any atom is 0.254 e. The molecule has 26 heavy (non-hydrogen) atoms. The quantitative estimate of drug-likeness (QED) is 0.767. The summed E-state index contributed by atoms with van der Waals surface area (Å²) in [6, 6.07) is 13.3. The normalized spacial score (nSPS) is 19.1. The predicted octanol–water partition coefficient (Wildman–Crippen LogP) is 3.66. The molecule has 2 aromatic carbocycles. The van der Waals surface area contributed by atoms with Crippen LogP contribution in [0.1, 0.15) is 41.5 Å². The Hall–Kier alpha value is -3.02. The summed E-state index contributed by atoms with van der Waals surface area (Å²) in [7, 11) is 0. The van der Waals surface area contributed by atoms with Crippen LogP contribution in [0.25, 0.3) is 11.0 Å². The van der Waals surface area contributed by atoms with Gasteiger partial charge in [-0.3, -0.25) is 4.79 Å². The van der Waals surface area contributed by atoms with Crippen molar-refractivity contribution in [1.82, 2.24) is 14.9 Å². The minimum absolute atomic E-state index is 0.00783. The van der Waals surface area contributed by atoms with Crippen molar-refractivity contribution in [3.05, 3.63) is 53.9 Å². The Morgan fingerprint density at radius 3 is 2.92 bits per heavy atom. The molecule has 0 bridgehead atoms. The molecule has 1 saturated heterocycles. The number of para-hydroxylation sites is 2. The number of hydrogen-bond acceptors (Lipinski definition) is 4. The molecule has 2 aliphatic heterocycles. The summed E-state index contributed by atoms with van der Waals surface area (Å²) < 4.78 is 10.8. The van der Waals surface area contributed by atoms with E-state index in [0.717, 1.165) is 42.7 Å². The number of nitrogens with one attached hydrogen (secondary N) is 1. The highest BCUT2D eigenvalue weighted by Gasteiger charge is 2.31. The Bertz CT molecular complexity index is 948. The van der Waals surface area contributed by atoms with Crippen molar-refractivity contribution in [1.29, 1.82) is 0 Å². The molecule has 2 aliphatic rings. The summed E-state index contributed by atoms with van der Waals surface area (Å²) in [6.45, 7) is 0.938. The largest absolute Gasteiger partial charge is 0.454 e. The van der Waals surface area contributed by atoms with Crippen LogP contribution in [0, 0.1) is 0 Å². The number of piperidine rings is 1. The summed E-state index contributed by atoms with van der Waals surface area (Å²) in [4.78, 5) is 23.2. The summed E-state index contributed by atoms with van der Waals surface area (Å²) in [5.74, 6) is 2.19. The maximum atomic E-state index is 13.2. The number of imidazole rings is 1. The topological polar surface area (TPSA) is 67.5 Å². The van der Waals surface area contributed by atoms with E-state index in [0.29, 0.717) is 17.1 Å². The van der Waals surface area contributed by atoms with Gasteiger partial charge in [0.2, 0.25) is 6.79 Å². The number of ether oxygens (including phenoxy) is 2. The van der Waals surface area contributed by atoms with Crippen molar-refractivity contribution in [3.63, 3.8) is 0 Å². The fraction of sp³-hybridized carbons (Fsp3) is 0.300. The van der Waals surface area contributed by atoms with Gasteiger partial charge in [0, 0.05) is 12.1 Å². The number of carbonyl (C=O) groups is 1. The van der Waals surface area contributed by atoms with Crippen molar-refractivity contribution in [2.24, 2.45) is 0 Å². The van der Waals surface area contributed by atoms with Gasteiger partial charge in [0.1, 0.15) is 5.82 Å². The Kier molecular flexibility index (Phi) is 3.55. The molecule has 132 valence electrons. The first-order valence-electron chi connectivity index (χ1n) is 8.95. The zero-order chi connectivity index (χ0) is 17.5. The predicted molar refractivity (Wildman–Crippen MR) is 96.3 cm³/mol. The number of rotatable bonds is 2. The molecule has 1 fully saturated rings. The van der Waals surface area contributed by atoms with Crippen molar-refractivity contribution in [2.75, 3.05) is 13.3 Å². The zero-order valence-corrected chi connectivity index (χ0v) is 14.3. The van der Waals surface area contributed by atoms with Crippen molar-refractivity contribution in [2.45, 2.75) is 25.3 Å². The molecular formula is C20H19N3O3. The molecular weight excluding hydrogens is 330 g/mol. The van der Waals surface area contributed by atoms with E-state index in [1.807, 2.05) is 29.2 Å². The van der Waals surface area contributed by atoms with Crippen molar-refractivity contribution in [3.8, 4) is 11.5 Å². The minimum Gasteiger partial charge on any atom is -0.454 e. The van der Waals surface area contributed by atoms with E-state index in [-0.39, 0.29) is 18.7 Å². The lowest BCUT2D eigenvalue weighted by atomic mass is 10.00. The third kappa shape index (κ3) is 2.49. The third-order valence-electron chi connectivity index (χ3n) is 5.11. The van der Waals surface area contributed by atoms with Gasteiger partial charge in [-0.15, -0.1) is 0 Å². The number of aromatic amines is 1. The molecule has 1 N–H and O–H groups in total. The lowest BCUT2D eigenvalue weighted by Gasteiger charge is -2.34. The van der Waals surface area contributed by atoms with Gasteiger partial charge in [0.15, 0.2) is 11.5 Å². The smallest absolute Gasteiger partial charge is 0.254 e. The number of nitrogens with zero attached hydrogens (tertiary/aromatic N) is 2. The molecule has 6 nitrogen and oxygen atoms in total. The van der Waals surface area contributed by atoms with E-state index in [4.69, 9.17) is 14.5 Å². The Morgan fingerprint density at radius 1 is 1.12 bits per heavy atom. The second-order valence-electron chi connectivity index (χ2n) is 6.72. The van der Waals surface area contributed by atoms with Crippen LogP contribution in [-0.2, 0) is 0 Å². The highest BCUT2D eigenvalue weighted by atomic mass is 16.7. The number of carbonyl (C=O) groups excluding carboxylic acids is 1. The zero-order valence-electron chi connectivity index (χ0n) is 14.3. The van der Waals surface area contributed by atoms with E-state index in [9.17, 15) is 4.79 Å². The maximum absolute atomic E-state index is 13.2. The van der Waals surface area contributed by atoms with Crippen LogP contribution in [0.15, 0.2) is 42.5 Å². The number of benzene rings is 2. The van der Waals surface area contributed by atoms with Gasteiger partial charge in [-0.25, -0.2) is 4.98 Å².